The number of benzene rings is 1. The van der Waals surface area contributed by atoms with E-state index >= 15 is 0 Å². The van der Waals surface area contributed by atoms with E-state index in [0.717, 1.165) is 10.9 Å². The van der Waals surface area contributed by atoms with Gasteiger partial charge in [-0.1, -0.05) is 12.1 Å². The van der Waals surface area contributed by atoms with Crippen LogP contribution in [0.15, 0.2) is 22.7 Å². The number of ketones is 1. The van der Waals surface area contributed by atoms with Gasteiger partial charge in [0.25, 0.3) is 0 Å². The van der Waals surface area contributed by atoms with Crippen LogP contribution >= 0.6 is 15.9 Å². The van der Waals surface area contributed by atoms with Gasteiger partial charge in [0.1, 0.15) is 5.78 Å². The SMILES string of the molecule is CC(=O)CCc1c(C)n(C)c2c(Br)cccc12. The third-order valence-corrected chi connectivity index (χ3v) is 3.95. The van der Waals surface area contributed by atoms with Gasteiger partial charge in [0.05, 0.1) is 5.52 Å². The van der Waals surface area contributed by atoms with Crippen molar-refractivity contribution in [3.05, 3.63) is 33.9 Å². The second-order valence-corrected chi connectivity index (χ2v) is 5.32. The molecule has 0 bridgehead atoms. The van der Waals surface area contributed by atoms with Gasteiger partial charge >= 0.3 is 0 Å². The zero-order valence-corrected chi connectivity index (χ0v) is 12.0. The Bertz CT molecular complexity index is 583. The topological polar surface area (TPSA) is 22.0 Å². The van der Waals surface area contributed by atoms with Crippen LogP contribution in [0.25, 0.3) is 10.9 Å². The standard InChI is InChI=1S/C14H16BrNO/c1-9(17)7-8-11-10(2)16(3)14-12(11)5-4-6-13(14)15/h4-6H,7-8H2,1-3H3. The van der Waals surface area contributed by atoms with Crippen LogP contribution in [0.5, 0.6) is 0 Å². The first-order valence-electron chi connectivity index (χ1n) is 5.74. The average Bonchev–Trinajstić information content (AvgIpc) is 2.51. The minimum Gasteiger partial charge on any atom is -0.347 e. The largest absolute Gasteiger partial charge is 0.347 e. The lowest BCUT2D eigenvalue weighted by molar-refractivity contribution is -0.116. The third kappa shape index (κ3) is 2.16. The van der Waals surface area contributed by atoms with Crippen LogP contribution in [0.2, 0.25) is 0 Å². The van der Waals surface area contributed by atoms with Gasteiger partial charge in [0, 0.05) is 29.0 Å². The number of hydrogen-bond donors (Lipinski definition) is 0. The maximum atomic E-state index is 11.1. The van der Waals surface area contributed by atoms with E-state index in [1.807, 2.05) is 6.07 Å². The van der Waals surface area contributed by atoms with Crippen LogP contribution in [0.1, 0.15) is 24.6 Å². The van der Waals surface area contributed by atoms with E-state index in [0.29, 0.717) is 6.42 Å². The minimum absolute atomic E-state index is 0.247. The van der Waals surface area contributed by atoms with Gasteiger partial charge in [0.2, 0.25) is 0 Å². The molecule has 0 spiro atoms. The Morgan fingerprint density at radius 2 is 2.12 bits per heavy atom. The predicted octanol–water partition coefficient (Wildman–Crippen LogP) is 3.77. The van der Waals surface area contributed by atoms with Crippen LogP contribution in [0, 0.1) is 6.92 Å². The van der Waals surface area contributed by atoms with E-state index < -0.39 is 0 Å². The van der Waals surface area contributed by atoms with Crippen molar-refractivity contribution in [3.63, 3.8) is 0 Å². The van der Waals surface area contributed by atoms with E-state index in [1.54, 1.807) is 6.92 Å². The van der Waals surface area contributed by atoms with Gasteiger partial charge in [-0.15, -0.1) is 0 Å². The zero-order chi connectivity index (χ0) is 12.6. The second-order valence-electron chi connectivity index (χ2n) is 4.46. The summed E-state index contributed by atoms with van der Waals surface area (Å²) in [6.45, 7) is 3.76. The summed E-state index contributed by atoms with van der Waals surface area (Å²) in [7, 11) is 2.07. The molecule has 0 amide bonds. The van der Waals surface area contributed by atoms with Crippen molar-refractivity contribution in [2.24, 2.45) is 7.05 Å². The number of aryl methyl sites for hydroxylation is 2. The van der Waals surface area contributed by atoms with Crippen molar-refractivity contribution in [1.82, 2.24) is 4.57 Å². The van der Waals surface area contributed by atoms with Crippen molar-refractivity contribution >= 4 is 32.6 Å². The van der Waals surface area contributed by atoms with E-state index in [1.165, 1.54) is 22.2 Å². The normalized spacial score (nSPS) is 11.1. The van der Waals surface area contributed by atoms with Gasteiger partial charge < -0.3 is 9.36 Å². The number of rotatable bonds is 3. The summed E-state index contributed by atoms with van der Waals surface area (Å²) in [5, 5.41) is 1.25. The molecular weight excluding hydrogens is 278 g/mol. The molecule has 2 nitrogen and oxygen atoms in total. The third-order valence-electron chi connectivity index (χ3n) is 3.31. The van der Waals surface area contributed by atoms with E-state index in [4.69, 9.17) is 0 Å². The number of carbonyl (C=O) groups excluding carboxylic acids is 1. The van der Waals surface area contributed by atoms with Crippen LogP contribution < -0.4 is 0 Å². The maximum Gasteiger partial charge on any atom is 0.130 e. The van der Waals surface area contributed by atoms with Crippen molar-refractivity contribution in [1.29, 1.82) is 0 Å². The van der Waals surface area contributed by atoms with Crippen molar-refractivity contribution in [2.75, 3.05) is 0 Å². The number of nitrogens with zero attached hydrogens (tertiary/aromatic N) is 1. The smallest absolute Gasteiger partial charge is 0.130 e. The molecule has 1 aromatic carbocycles. The van der Waals surface area contributed by atoms with Gasteiger partial charge in [-0.25, -0.2) is 0 Å². The van der Waals surface area contributed by atoms with Gasteiger partial charge in [-0.05, 0) is 47.8 Å². The Kier molecular flexibility index (Phi) is 3.38. The van der Waals surface area contributed by atoms with E-state index in [-0.39, 0.29) is 5.78 Å². The minimum atomic E-state index is 0.247. The molecule has 2 aromatic rings. The molecule has 0 unspecified atom stereocenters. The summed E-state index contributed by atoms with van der Waals surface area (Å²) in [4.78, 5) is 11.1. The van der Waals surface area contributed by atoms with Crippen molar-refractivity contribution in [3.8, 4) is 0 Å². The van der Waals surface area contributed by atoms with E-state index in [2.05, 4.69) is 46.6 Å². The molecular formula is C14H16BrNO. The molecule has 0 aliphatic heterocycles. The first-order chi connectivity index (χ1) is 8.02. The highest BCUT2D eigenvalue weighted by atomic mass is 79.9. The lowest BCUT2D eigenvalue weighted by Gasteiger charge is -2.00. The quantitative estimate of drug-likeness (QED) is 0.844. The lowest BCUT2D eigenvalue weighted by Crippen LogP contribution is -1.96. The fraction of sp³-hybridized carbons (Fsp3) is 0.357. The average molecular weight is 294 g/mol. The number of para-hydroxylation sites is 1. The summed E-state index contributed by atoms with van der Waals surface area (Å²) >= 11 is 3.59. The summed E-state index contributed by atoms with van der Waals surface area (Å²) < 4.78 is 3.30. The number of halogens is 1. The molecule has 0 saturated carbocycles. The fourth-order valence-electron chi connectivity index (χ4n) is 2.28. The lowest BCUT2D eigenvalue weighted by atomic mass is 10.0. The highest BCUT2D eigenvalue weighted by Gasteiger charge is 2.13. The number of Topliss-reactive ketones (excluding diaryl/α,β-unsaturated/α-hetero) is 1. The molecule has 17 heavy (non-hydrogen) atoms. The molecule has 3 heteroatoms. The number of fused-ring (bicyclic) bond motifs is 1. The zero-order valence-electron chi connectivity index (χ0n) is 10.4. The molecule has 0 radical (unpaired) electrons. The molecule has 0 N–H and O–H groups in total. The molecule has 2 rings (SSSR count). The van der Waals surface area contributed by atoms with Gasteiger partial charge in [0.15, 0.2) is 0 Å². The Hall–Kier alpha value is -1.09. The predicted molar refractivity (Wildman–Crippen MR) is 74.4 cm³/mol. The molecule has 0 atom stereocenters. The Morgan fingerprint density at radius 3 is 2.76 bits per heavy atom. The Labute approximate surface area is 110 Å². The first-order valence-corrected chi connectivity index (χ1v) is 6.53. The molecule has 1 heterocycles. The molecule has 0 aliphatic rings. The molecule has 0 fully saturated rings. The van der Waals surface area contributed by atoms with Crippen molar-refractivity contribution < 1.29 is 4.79 Å². The van der Waals surface area contributed by atoms with Crippen LogP contribution in [0.4, 0.5) is 0 Å². The molecule has 0 aliphatic carbocycles. The summed E-state index contributed by atoms with van der Waals surface area (Å²) in [5.41, 5.74) is 3.75. The summed E-state index contributed by atoms with van der Waals surface area (Å²) in [6, 6.07) is 6.22. The number of carbonyl (C=O) groups is 1. The highest BCUT2D eigenvalue weighted by molar-refractivity contribution is 9.10. The second kappa shape index (κ2) is 4.65. The summed E-state index contributed by atoms with van der Waals surface area (Å²) in [5.74, 6) is 0.247. The van der Waals surface area contributed by atoms with Crippen LogP contribution in [-0.4, -0.2) is 10.4 Å². The summed E-state index contributed by atoms with van der Waals surface area (Å²) in [6.07, 6.45) is 1.45. The van der Waals surface area contributed by atoms with Gasteiger partial charge in [-0.2, -0.15) is 0 Å². The van der Waals surface area contributed by atoms with Crippen LogP contribution in [-0.2, 0) is 18.3 Å². The fourth-order valence-corrected chi connectivity index (χ4v) is 2.91. The Balaban J connectivity index is 2.59. The number of aromatic nitrogens is 1. The number of hydrogen-bond acceptors (Lipinski definition) is 1. The highest BCUT2D eigenvalue weighted by Crippen LogP contribution is 2.31. The maximum absolute atomic E-state index is 11.1. The van der Waals surface area contributed by atoms with Crippen LogP contribution in [0.3, 0.4) is 0 Å². The van der Waals surface area contributed by atoms with Gasteiger partial charge in [-0.3, -0.25) is 0 Å². The molecule has 0 saturated heterocycles. The van der Waals surface area contributed by atoms with Crippen molar-refractivity contribution in [2.45, 2.75) is 26.7 Å². The monoisotopic (exact) mass is 293 g/mol. The molecule has 90 valence electrons. The first kappa shape index (κ1) is 12.4. The Morgan fingerprint density at radius 1 is 1.41 bits per heavy atom. The van der Waals surface area contributed by atoms with E-state index in [9.17, 15) is 4.79 Å². The molecule has 1 aromatic heterocycles.